The van der Waals surface area contributed by atoms with Crippen LogP contribution in [0, 0.1) is 0 Å². The number of amides is 1. The van der Waals surface area contributed by atoms with Crippen molar-refractivity contribution in [2.45, 2.75) is 36.4 Å². The quantitative estimate of drug-likeness (QED) is 0.454. The zero-order valence-electron chi connectivity index (χ0n) is 14.9. The Morgan fingerprint density at radius 1 is 1.43 bits per heavy atom. The van der Waals surface area contributed by atoms with Crippen LogP contribution in [0.25, 0.3) is 11.0 Å². The lowest BCUT2D eigenvalue weighted by Crippen LogP contribution is -2.14. The van der Waals surface area contributed by atoms with Crippen LogP contribution in [0.3, 0.4) is 0 Å². The number of hydrogen-bond acceptors (Lipinski definition) is 7. The Labute approximate surface area is 179 Å². The molecule has 0 unspecified atom stereocenters. The van der Waals surface area contributed by atoms with E-state index in [1.54, 1.807) is 12.3 Å². The van der Waals surface area contributed by atoms with Crippen molar-refractivity contribution in [1.29, 1.82) is 0 Å². The molecule has 1 aromatic carbocycles. The molecule has 0 aliphatic rings. The number of aryl methyl sites for hydroxylation is 1. The molecule has 2 heterocycles. The number of nitrogens with two attached hydrogens (primary N) is 1. The summed E-state index contributed by atoms with van der Waals surface area (Å²) in [7, 11) is -3.80. The molecule has 8 nitrogen and oxygen atoms in total. The smallest absolute Gasteiger partial charge is 0.238 e. The number of anilines is 1. The van der Waals surface area contributed by atoms with Crippen LogP contribution in [0.2, 0.25) is 0 Å². The molecule has 12 heteroatoms. The molecule has 0 aliphatic carbocycles. The van der Waals surface area contributed by atoms with Crippen LogP contribution in [0.5, 0.6) is 0 Å². The second-order valence-corrected chi connectivity index (χ2v) is 10.8. The van der Waals surface area contributed by atoms with Crippen molar-refractivity contribution in [3.05, 3.63) is 28.2 Å². The number of halogens is 1. The number of thiazole rings is 1. The van der Waals surface area contributed by atoms with Crippen LogP contribution in [0.1, 0.15) is 19.8 Å². The average Bonchev–Trinajstić information content (AvgIpc) is 3.19. The summed E-state index contributed by atoms with van der Waals surface area (Å²) in [6.07, 6.45) is 3.56. The minimum Gasteiger partial charge on any atom is -0.319 e. The Kier molecular flexibility index (Phi) is 6.76. The van der Waals surface area contributed by atoms with Crippen molar-refractivity contribution in [2.24, 2.45) is 5.14 Å². The first-order valence-electron chi connectivity index (χ1n) is 8.35. The number of sulfonamides is 1. The molecule has 1 amide bonds. The maximum Gasteiger partial charge on any atom is 0.238 e. The number of fused-ring (bicyclic) bond motifs is 1. The van der Waals surface area contributed by atoms with E-state index in [9.17, 15) is 13.2 Å². The molecule has 0 spiro atoms. The highest BCUT2D eigenvalue weighted by molar-refractivity contribution is 9.11. The van der Waals surface area contributed by atoms with Crippen LogP contribution in [0.15, 0.2) is 38.2 Å². The van der Waals surface area contributed by atoms with Crippen molar-refractivity contribution in [3.8, 4) is 0 Å². The topological polar surface area (TPSA) is 120 Å². The Morgan fingerprint density at radius 3 is 2.86 bits per heavy atom. The molecule has 2 aromatic heterocycles. The molecule has 3 N–H and O–H groups in total. The summed E-state index contributed by atoms with van der Waals surface area (Å²) in [4.78, 5) is 20.8. The predicted molar refractivity (Wildman–Crippen MR) is 115 cm³/mol. The van der Waals surface area contributed by atoms with Gasteiger partial charge in [-0.2, -0.15) is 0 Å². The first-order valence-corrected chi connectivity index (χ1v) is 12.5. The van der Waals surface area contributed by atoms with Gasteiger partial charge in [-0.15, -0.1) is 0 Å². The van der Waals surface area contributed by atoms with Gasteiger partial charge in [-0.25, -0.2) is 23.5 Å². The number of primary sulfonamides is 1. The van der Waals surface area contributed by atoms with Gasteiger partial charge in [0.05, 0.1) is 31.7 Å². The highest BCUT2D eigenvalue weighted by Crippen LogP contribution is 2.27. The van der Waals surface area contributed by atoms with E-state index in [1.165, 1.54) is 35.2 Å². The van der Waals surface area contributed by atoms with E-state index >= 15 is 0 Å². The number of nitrogens with zero attached hydrogens (tertiary/aromatic N) is 3. The van der Waals surface area contributed by atoms with E-state index in [0.717, 1.165) is 28.7 Å². The largest absolute Gasteiger partial charge is 0.319 e. The zero-order valence-corrected chi connectivity index (χ0v) is 18.9. The first-order chi connectivity index (χ1) is 13.3. The zero-order chi connectivity index (χ0) is 20.3. The average molecular weight is 504 g/mol. The minimum atomic E-state index is -3.80. The van der Waals surface area contributed by atoms with Crippen molar-refractivity contribution in [3.63, 3.8) is 0 Å². The normalized spacial score (nSPS) is 11.8. The fourth-order valence-corrected chi connectivity index (χ4v) is 5.00. The lowest BCUT2D eigenvalue weighted by atomic mass is 10.3. The Bertz CT molecular complexity index is 1110. The number of thioether (sulfide) groups is 1. The van der Waals surface area contributed by atoms with Gasteiger partial charge in [-0.3, -0.25) is 4.79 Å². The minimum absolute atomic E-state index is 0.0174. The van der Waals surface area contributed by atoms with Crippen LogP contribution in [0.4, 0.5) is 5.13 Å². The molecule has 0 saturated heterocycles. The summed E-state index contributed by atoms with van der Waals surface area (Å²) in [5.74, 6) is -0.0273. The Morgan fingerprint density at radius 2 is 2.21 bits per heavy atom. The van der Waals surface area contributed by atoms with E-state index < -0.39 is 10.0 Å². The maximum absolute atomic E-state index is 12.2. The van der Waals surface area contributed by atoms with Crippen molar-refractivity contribution < 1.29 is 13.2 Å². The summed E-state index contributed by atoms with van der Waals surface area (Å²) in [5.41, 5.74) is 1.35. The molecular formula is C16H18BrN5O3S3. The van der Waals surface area contributed by atoms with Gasteiger partial charge in [0.1, 0.15) is 0 Å². The number of imidazole rings is 1. The van der Waals surface area contributed by atoms with Gasteiger partial charge in [0.15, 0.2) is 10.3 Å². The van der Waals surface area contributed by atoms with Crippen LogP contribution in [-0.4, -0.2) is 34.6 Å². The summed E-state index contributed by atoms with van der Waals surface area (Å²) < 4.78 is 26.1. The second-order valence-electron chi connectivity index (χ2n) is 5.90. The van der Waals surface area contributed by atoms with Crippen molar-refractivity contribution in [2.75, 3.05) is 11.1 Å². The Balaban J connectivity index is 1.82. The van der Waals surface area contributed by atoms with E-state index in [-0.39, 0.29) is 16.6 Å². The monoisotopic (exact) mass is 503 g/mol. The molecule has 3 rings (SSSR count). The van der Waals surface area contributed by atoms with Gasteiger partial charge in [0.25, 0.3) is 0 Å². The molecule has 0 bridgehead atoms. The lowest BCUT2D eigenvalue weighted by molar-refractivity contribution is -0.113. The van der Waals surface area contributed by atoms with Crippen molar-refractivity contribution in [1.82, 2.24) is 14.5 Å². The van der Waals surface area contributed by atoms with Gasteiger partial charge < -0.3 is 9.88 Å². The molecular weight excluding hydrogens is 486 g/mol. The van der Waals surface area contributed by atoms with Crippen molar-refractivity contribution >= 4 is 71.1 Å². The number of aromatic nitrogens is 3. The van der Waals surface area contributed by atoms with Gasteiger partial charge in [0.2, 0.25) is 15.9 Å². The fraction of sp³-hybridized carbons (Fsp3) is 0.312. The van der Waals surface area contributed by atoms with Crippen LogP contribution < -0.4 is 10.5 Å². The molecule has 0 atom stereocenters. The first kappa shape index (κ1) is 21.2. The maximum atomic E-state index is 12.2. The number of unbranched alkanes of at least 4 members (excludes halogenated alkanes) is 1. The predicted octanol–water partition coefficient (Wildman–Crippen LogP) is 3.43. The molecule has 28 heavy (non-hydrogen) atoms. The van der Waals surface area contributed by atoms with Gasteiger partial charge >= 0.3 is 0 Å². The third-order valence-corrected chi connectivity index (χ3v) is 7.08. The van der Waals surface area contributed by atoms with Gasteiger partial charge in [0, 0.05) is 6.54 Å². The number of carbonyl (C=O) groups excluding carboxylic acids is 1. The SMILES string of the molecule is CCCCn1c(SCC(=O)Nc2ncc(Br)s2)nc2cc(S(N)(=O)=O)ccc21. The highest BCUT2D eigenvalue weighted by atomic mass is 79.9. The number of nitrogens with one attached hydrogen (secondary N) is 1. The molecule has 3 aromatic rings. The molecule has 0 saturated carbocycles. The molecule has 150 valence electrons. The van der Waals surface area contributed by atoms with E-state index in [2.05, 4.69) is 38.1 Å². The third kappa shape index (κ3) is 5.11. The number of hydrogen-bond donors (Lipinski definition) is 2. The van der Waals surface area contributed by atoms with E-state index in [0.29, 0.717) is 15.8 Å². The summed E-state index contributed by atoms with van der Waals surface area (Å²) >= 11 is 5.93. The fourth-order valence-electron chi connectivity index (χ4n) is 2.50. The van der Waals surface area contributed by atoms with Crippen LogP contribution >= 0.6 is 39.0 Å². The summed E-state index contributed by atoms with van der Waals surface area (Å²) in [6.45, 7) is 2.82. The summed E-state index contributed by atoms with van der Waals surface area (Å²) in [6, 6.07) is 4.64. The Hall–Kier alpha value is -1.47. The standard InChI is InChI=1S/C16H18BrN5O3S3/c1-2-3-6-22-12-5-4-10(28(18,24)25)7-11(12)20-16(22)26-9-14(23)21-15-19-8-13(17)27-15/h4-5,7-8H,2-3,6,9H2,1H3,(H2,18,24,25)(H,19,21,23). The van der Waals surface area contributed by atoms with E-state index in [4.69, 9.17) is 5.14 Å². The summed E-state index contributed by atoms with van der Waals surface area (Å²) in [5, 5.41) is 9.14. The van der Waals surface area contributed by atoms with E-state index in [1.807, 2.05) is 4.57 Å². The highest BCUT2D eigenvalue weighted by Gasteiger charge is 2.16. The number of rotatable bonds is 8. The third-order valence-electron chi connectivity index (χ3n) is 3.80. The number of carbonyl (C=O) groups is 1. The lowest BCUT2D eigenvalue weighted by Gasteiger charge is -2.08. The second kappa shape index (κ2) is 8.91. The van der Waals surface area contributed by atoms with Gasteiger partial charge in [-0.05, 0) is 40.5 Å². The van der Waals surface area contributed by atoms with Gasteiger partial charge in [-0.1, -0.05) is 36.4 Å². The molecule has 0 radical (unpaired) electrons. The number of benzene rings is 1. The molecule has 0 aliphatic heterocycles. The van der Waals surface area contributed by atoms with Crippen LogP contribution in [-0.2, 0) is 21.4 Å². The molecule has 0 fully saturated rings.